The van der Waals surface area contributed by atoms with Gasteiger partial charge >= 0.3 is 6.03 Å². The SMILES string of the molecule is COc1ccc(CNC(=O)C2=NOC3(CCN(C(=O)NC4CCCCC4)CC3)C2)cc1OC. The van der Waals surface area contributed by atoms with Crippen molar-refractivity contribution in [3.05, 3.63) is 23.8 Å². The molecular formula is C24H34N4O5. The van der Waals surface area contributed by atoms with Crippen LogP contribution in [0.4, 0.5) is 4.79 Å². The van der Waals surface area contributed by atoms with E-state index in [-0.39, 0.29) is 11.9 Å². The molecule has 180 valence electrons. The first-order chi connectivity index (χ1) is 16.0. The molecule has 2 fully saturated rings. The van der Waals surface area contributed by atoms with Crippen molar-refractivity contribution in [2.24, 2.45) is 5.16 Å². The summed E-state index contributed by atoms with van der Waals surface area (Å²) in [6, 6.07) is 5.84. The first-order valence-electron chi connectivity index (χ1n) is 11.8. The van der Waals surface area contributed by atoms with Crippen molar-refractivity contribution in [1.82, 2.24) is 15.5 Å². The summed E-state index contributed by atoms with van der Waals surface area (Å²) in [4.78, 5) is 32.9. The van der Waals surface area contributed by atoms with Gasteiger partial charge in [-0.2, -0.15) is 0 Å². The van der Waals surface area contributed by atoms with Gasteiger partial charge in [-0.05, 0) is 30.5 Å². The lowest BCUT2D eigenvalue weighted by Crippen LogP contribution is -2.52. The molecule has 0 atom stereocenters. The molecule has 1 aromatic rings. The summed E-state index contributed by atoms with van der Waals surface area (Å²) >= 11 is 0. The van der Waals surface area contributed by atoms with Gasteiger partial charge in [0, 0.05) is 44.9 Å². The number of piperidine rings is 1. The van der Waals surface area contributed by atoms with Crippen molar-refractivity contribution in [3.63, 3.8) is 0 Å². The molecule has 2 N–H and O–H groups in total. The lowest BCUT2D eigenvalue weighted by Gasteiger charge is -2.38. The standard InChI is InChI=1S/C24H34N4O5/c1-31-20-9-8-17(14-21(20)32-2)16-25-22(29)19-15-24(33-27-19)10-12-28(13-11-24)23(30)26-18-6-4-3-5-7-18/h8-9,14,18H,3-7,10-13,15-16H2,1-2H3,(H,25,29)(H,26,30). The predicted molar refractivity (Wildman–Crippen MR) is 123 cm³/mol. The van der Waals surface area contributed by atoms with E-state index in [4.69, 9.17) is 14.3 Å². The van der Waals surface area contributed by atoms with Crippen LogP contribution in [0.3, 0.4) is 0 Å². The summed E-state index contributed by atoms with van der Waals surface area (Å²) in [5.41, 5.74) is 0.806. The molecule has 33 heavy (non-hydrogen) atoms. The maximum atomic E-state index is 12.7. The van der Waals surface area contributed by atoms with Crippen LogP contribution < -0.4 is 20.1 Å². The Morgan fingerprint density at radius 1 is 1.12 bits per heavy atom. The van der Waals surface area contributed by atoms with Crippen LogP contribution in [-0.4, -0.2) is 61.5 Å². The number of likely N-dealkylation sites (tertiary alicyclic amines) is 1. The Balaban J connectivity index is 1.23. The summed E-state index contributed by atoms with van der Waals surface area (Å²) < 4.78 is 10.6. The van der Waals surface area contributed by atoms with Crippen molar-refractivity contribution in [2.75, 3.05) is 27.3 Å². The summed E-state index contributed by atoms with van der Waals surface area (Å²) in [7, 11) is 3.16. The molecule has 9 nitrogen and oxygen atoms in total. The highest BCUT2D eigenvalue weighted by Gasteiger charge is 2.44. The second-order valence-corrected chi connectivity index (χ2v) is 9.13. The van der Waals surface area contributed by atoms with Gasteiger partial charge in [0.05, 0.1) is 14.2 Å². The monoisotopic (exact) mass is 458 g/mol. The maximum absolute atomic E-state index is 12.7. The normalized spacial score (nSPS) is 20.1. The Morgan fingerprint density at radius 3 is 2.55 bits per heavy atom. The molecule has 1 saturated carbocycles. The molecule has 2 aliphatic heterocycles. The van der Waals surface area contributed by atoms with E-state index >= 15 is 0 Å². The van der Waals surface area contributed by atoms with Gasteiger partial charge in [0.1, 0.15) is 11.3 Å². The van der Waals surface area contributed by atoms with Crippen molar-refractivity contribution in [1.29, 1.82) is 0 Å². The molecule has 0 aromatic heterocycles. The van der Waals surface area contributed by atoms with Crippen LogP contribution in [0.5, 0.6) is 11.5 Å². The van der Waals surface area contributed by atoms with Crippen molar-refractivity contribution in [2.45, 2.75) is 69.6 Å². The summed E-state index contributed by atoms with van der Waals surface area (Å²) in [5, 5.41) is 10.2. The lowest BCUT2D eigenvalue weighted by atomic mass is 9.87. The average molecular weight is 459 g/mol. The number of carbonyl (C=O) groups excluding carboxylic acids is 2. The number of hydrogen-bond donors (Lipinski definition) is 2. The second-order valence-electron chi connectivity index (χ2n) is 9.13. The Morgan fingerprint density at radius 2 is 1.85 bits per heavy atom. The molecule has 0 unspecified atom stereocenters. The number of ether oxygens (including phenoxy) is 2. The van der Waals surface area contributed by atoms with Gasteiger partial charge in [0.2, 0.25) is 0 Å². The molecule has 0 bridgehead atoms. The number of amides is 3. The number of carbonyl (C=O) groups is 2. The van der Waals surface area contributed by atoms with Crippen molar-refractivity contribution in [3.8, 4) is 11.5 Å². The minimum absolute atomic E-state index is 0.0172. The van der Waals surface area contributed by atoms with E-state index in [1.807, 2.05) is 23.1 Å². The van der Waals surface area contributed by atoms with Gasteiger partial charge in [-0.25, -0.2) is 4.79 Å². The third-order valence-corrected chi connectivity index (χ3v) is 6.90. The molecule has 3 aliphatic rings. The fourth-order valence-electron chi connectivity index (χ4n) is 4.82. The minimum atomic E-state index is -0.488. The van der Waals surface area contributed by atoms with Crippen LogP contribution in [0.25, 0.3) is 0 Å². The first-order valence-corrected chi connectivity index (χ1v) is 11.8. The fraction of sp³-hybridized carbons (Fsp3) is 0.625. The molecule has 1 saturated heterocycles. The van der Waals surface area contributed by atoms with Gasteiger partial charge in [0.25, 0.3) is 5.91 Å². The van der Waals surface area contributed by atoms with Gasteiger partial charge in [-0.1, -0.05) is 30.5 Å². The molecular weight excluding hydrogens is 424 g/mol. The van der Waals surface area contributed by atoms with E-state index < -0.39 is 5.60 Å². The second kappa shape index (κ2) is 10.3. The fourth-order valence-corrected chi connectivity index (χ4v) is 4.82. The summed E-state index contributed by atoms with van der Waals surface area (Å²) in [6.45, 7) is 1.56. The quantitative estimate of drug-likeness (QED) is 0.683. The number of nitrogens with zero attached hydrogens (tertiary/aromatic N) is 2. The van der Waals surface area contributed by atoms with Crippen molar-refractivity contribution < 1.29 is 23.9 Å². The lowest BCUT2D eigenvalue weighted by molar-refractivity contribution is -0.115. The highest BCUT2D eigenvalue weighted by molar-refractivity contribution is 6.39. The van der Waals surface area contributed by atoms with Crippen LogP contribution >= 0.6 is 0 Å². The Labute approximate surface area is 194 Å². The van der Waals surface area contributed by atoms with E-state index in [9.17, 15) is 9.59 Å². The van der Waals surface area contributed by atoms with E-state index in [1.54, 1.807) is 14.2 Å². The third-order valence-electron chi connectivity index (χ3n) is 6.90. The highest BCUT2D eigenvalue weighted by atomic mass is 16.7. The predicted octanol–water partition coefficient (Wildman–Crippen LogP) is 2.97. The minimum Gasteiger partial charge on any atom is -0.493 e. The molecule has 2 heterocycles. The molecule has 9 heteroatoms. The Kier molecular flexibility index (Phi) is 7.25. The topological polar surface area (TPSA) is 101 Å². The number of hydrogen-bond acceptors (Lipinski definition) is 6. The zero-order valence-corrected chi connectivity index (χ0v) is 19.5. The maximum Gasteiger partial charge on any atom is 0.317 e. The molecule has 1 spiro atoms. The first kappa shape index (κ1) is 23.2. The Bertz CT molecular complexity index is 889. The van der Waals surface area contributed by atoms with Crippen LogP contribution in [0.15, 0.2) is 23.4 Å². The number of rotatable bonds is 6. The highest BCUT2D eigenvalue weighted by Crippen LogP contribution is 2.35. The zero-order valence-electron chi connectivity index (χ0n) is 19.5. The van der Waals surface area contributed by atoms with E-state index in [0.29, 0.717) is 62.1 Å². The van der Waals surface area contributed by atoms with Crippen LogP contribution in [0, 0.1) is 0 Å². The third kappa shape index (κ3) is 5.51. The summed E-state index contributed by atoms with van der Waals surface area (Å²) in [5.74, 6) is 1.02. The largest absolute Gasteiger partial charge is 0.493 e. The zero-order chi connectivity index (χ0) is 23.3. The number of nitrogens with one attached hydrogen (secondary N) is 2. The van der Waals surface area contributed by atoms with Crippen LogP contribution in [0.1, 0.15) is 56.9 Å². The summed E-state index contributed by atoms with van der Waals surface area (Å²) in [6.07, 6.45) is 7.59. The number of oxime groups is 1. The average Bonchev–Trinajstić information content (AvgIpc) is 3.26. The van der Waals surface area contributed by atoms with Crippen LogP contribution in [-0.2, 0) is 16.2 Å². The van der Waals surface area contributed by atoms with Gasteiger partial charge in [-0.3, -0.25) is 4.79 Å². The number of urea groups is 1. The molecule has 1 aliphatic carbocycles. The van der Waals surface area contributed by atoms with Crippen LogP contribution in [0.2, 0.25) is 0 Å². The number of methoxy groups -OCH3 is 2. The van der Waals surface area contributed by atoms with Crippen molar-refractivity contribution >= 4 is 17.6 Å². The van der Waals surface area contributed by atoms with Gasteiger partial charge in [-0.15, -0.1) is 0 Å². The Hall–Kier alpha value is -2.97. The molecule has 4 rings (SSSR count). The molecule has 0 radical (unpaired) electrons. The van der Waals surface area contributed by atoms with Gasteiger partial charge in [0.15, 0.2) is 11.5 Å². The molecule has 1 aromatic carbocycles. The number of benzene rings is 1. The van der Waals surface area contributed by atoms with Gasteiger partial charge < -0.3 is 29.8 Å². The molecule has 3 amide bonds. The van der Waals surface area contributed by atoms with E-state index in [2.05, 4.69) is 15.8 Å². The van der Waals surface area contributed by atoms with E-state index in [1.165, 1.54) is 19.3 Å². The van der Waals surface area contributed by atoms with E-state index in [0.717, 1.165) is 18.4 Å². The smallest absolute Gasteiger partial charge is 0.317 e.